The second kappa shape index (κ2) is 8.39. The molecule has 2 aromatic rings. The first-order valence-electron chi connectivity index (χ1n) is 7.85. The molecular formula is C16H23N5O3. The number of rotatable bonds is 8. The molecule has 1 amide bonds. The van der Waals surface area contributed by atoms with Crippen molar-refractivity contribution in [3.05, 3.63) is 46.4 Å². The Kier molecular flexibility index (Phi) is 6.25. The van der Waals surface area contributed by atoms with Gasteiger partial charge in [-0.15, -0.1) is 10.2 Å². The van der Waals surface area contributed by atoms with Crippen LogP contribution in [0.3, 0.4) is 0 Å². The van der Waals surface area contributed by atoms with Crippen molar-refractivity contribution in [2.45, 2.75) is 39.4 Å². The van der Waals surface area contributed by atoms with Gasteiger partial charge in [0, 0.05) is 38.4 Å². The number of carbonyl (C=O) groups is 1. The Morgan fingerprint density at radius 3 is 2.88 bits per heavy atom. The summed E-state index contributed by atoms with van der Waals surface area (Å²) in [5.74, 6) is 0.535. The topological polar surface area (TPSA) is 91.0 Å². The second-order valence-electron chi connectivity index (χ2n) is 5.57. The van der Waals surface area contributed by atoms with Crippen LogP contribution in [0, 0.1) is 6.92 Å². The summed E-state index contributed by atoms with van der Waals surface area (Å²) in [7, 11) is 1.63. The standard InChI is InChI=1S/C16H23N5O3/c1-12-5-4-6-15(23)21(12)8-7-14(22)18-13(2)16-19-17-11-20(16)9-10-24-3/h4-6,11,13H,7-10H2,1-3H3,(H,18,22)/t13-/m1/s1. The van der Waals surface area contributed by atoms with Crippen molar-refractivity contribution in [1.82, 2.24) is 24.6 Å². The van der Waals surface area contributed by atoms with E-state index in [1.165, 1.54) is 6.07 Å². The number of ether oxygens (including phenoxy) is 1. The summed E-state index contributed by atoms with van der Waals surface area (Å²) < 4.78 is 8.48. The maximum Gasteiger partial charge on any atom is 0.250 e. The molecule has 0 aliphatic carbocycles. The molecule has 2 heterocycles. The second-order valence-corrected chi connectivity index (χ2v) is 5.57. The number of nitrogens with zero attached hydrogens (tertiary/aromatic N) is 4. The third-order valence-electron chi connectivity index (χ3n) is 3.78. The first-order chi connectivity index (χ1) is 11.5. The first kappa shape index (κ1) is 17.9. The van der Waals surface area contributed by atoms with Crippen LogP contribution >= 0.6 is 0 Å². The highest BCUT2D eigenvalue weighted by molar-refractivity contribution is 5.76. The van der Waals surface area contributed by atoms with Gasteiger partial charge in [-0.2, -0.15) is 0 Å². The molecule has 130 valence electrons. The summed E-state index contributed by atoms with van der Waals surface area (Å²) in [6, 6.07) is 4.78. The first-order valence-corrected chi connectivity index (χ1v) is 7.85. The minimum atomic E-state index is -0.273. The molecule has 0 spiro atoms. The van der Waals surface area contributed by atoms with Gasteiger partial charge in [-0.25, -0.2) is 0 Å². The molecule has 2 rings (SSSR count). The van der Waals surface area contributed by atoms with Gasteiger partial charge in [0.05, 0.1) is 12.6 Å². The van der Waals surface area contributed by atoms with Gasteiger partial charge in [0.1, 0.15) is 6.33 Å². The molecular weight excluding hydrogens is 310 g/mol. The predicted octanol–water partition coefficient (Wildman–Crippen LogP) is 0.662. The molecule has 0 saturated heterocycles. The van der Waals surface area contributed by atoms with E-state index in [-0.39, 0.29) is 23.9 Å². The monoisotopic (exact) mass is 333 g/mol. The minimum Gasteiger partial charge on any atom is -0.383 e. The number of hydrogen-bond acceptors (Lipinski definition) is 5. The molecule has 0 saturated carbocycles. The number of pyridine rings is 1. The highest BCUT2D eigenvalue weighted by Crippen LogP contribution is 2.09. The van der Waals surface area contributed by atoms with Crippen LogP contribution < -0.4 is 10.9 Å². The number of nitrogens with one attached hydrogen (secondary N) is 1. The Bertz CT molecular complexity index is 737. The number of carbonyl (C=O) groups excluding carboxylic acids is 1. The van der Waals surface area contributed by atoms with E-state index in [9.17, 15) is 9.59 Å². The van der Waals surface area contributed by atoms with Crippen molar-refractivity contribution in [1.29, 1.82) is 0 Å². The lowest BCUT2D eigenvalue weighted by Crippen LogP contribution is -2.31. The Labute approximate surface area is 140 Å². The van der Waals surface area contributed by atoms with Crippen molar-refractivity contribution < 1.29 is 9.53 Å². The normalized spacial score (nSPS) is 12.1. The summed E-state index contributed by atoms with van der Waals surface area (Å²) in [4.78, 5) is 24.0. The molecule has 0 aliphatic rings. The number of aromatic nitrogens is 4. The van der Waals surface area contributed by atoms with Gasteiger partial charge >= 0.3 is 0 Å². The van der Waals surface area contributed by atoms with E-state index in [1.807, 2.05) is 24.5 Å². The summed E-state index contributed by atoms with van der Waals surface area (Å²) in [5, 5.41) is 10.8. The molecule has 0 unspecified atom stereocenters. The van der Waals surface area contributed by atoms with Gasteiger partial charge in [0.2, 0.25) is 5.91 Å². The van der Waals surface area contributed by atoms with Crippen LogP contribution in [-0.2, 0) is 22.6 Å². The summed E-state index contributed by atoms with van der Waals surface area (Å²) in [5.41, 5.74) is 0.734. The van der Waals surface area contributed by atoms with Crippen LogP contribution in [0.5, 0.6) is 0 Å². The van der Waals surface area contributed by atoms with E-state index in [1.54, 1.807) is 24.1 Å². The number of amides is 1. The quantitative estimate of drug-likeness (QED) is 0.766. The Morgan fingerprint density at radius 1 is 1.38 bits per heavy atom. The van der Waals surface area contributed by atoms with Crippen LogP contribution in [0.25, 0.3) is 0 Å². The molecule has 1 N–H and O–H groups in total. The number of aryl methyl sites for hydroxylation is 1. The largest absolute Gasteiger partial charge is 0.383 e. The molecule has 1 atom stereocenters. The van der Waals surface area contributed by atoms with Crippen molar-refractivity contribution >= 4 is 5.91 Å². The van der Waals surface area contributed by atoms with Crippen molar-refractivity contribution in [3.63, 3.8) is 0 Å². The highest BCUT2D eigenvalue weighted by Gasteiger charge is 2.15. The van der Waals surface area contributed by atoms with Crippen LogP contribution in [0.15, 0.2) is 29.3 Å². The van der Waals surface area contributed by atoms with E-state index >= 15 is 0 Å². The van der Waals surface area contributed by atoms with Gasteiger partial charge in [0.15, 0.2) is 5.82 Å². The zero-order valence-electron chi connectivity index (χ0n) is 14.2. The van der Waals surface area contributed by atoms with E-state index in [4.69, 9.17) is 4.74 Å². The zero-order chi connectivity index (χ0) is 17.5. The molecule has 0 aliphatic heterocycles. The average molecular weight is 333 g/mol. The van der Waals surface area contributed by atoms with Gasteiger partial charge in [-0.3, -0.25) is 9.59 Å². The summed E-state index contributed by atoms with van der Waals surface area (Å²) in [6.07, 6.45) is 1.84. The summed E-state index contributed by atoms with van der Waals surface area (Å²) in [6.45, 7) is 5.21. The van der Waals surface area contributed by atoms with Crippen LogP contribution in [0.4, 0.5) is 0 Å². The number of methoxy groups -OCH3 is 1. The number of hydrogen-bond donors (Lipinski definition) is 1. The molecule has 0 aromatic carbocycles. The fourth-order valence-electron chi connectivity index (χ4n) is 2.46. The van der Waals surface area contributed by atoms with Gasteiger partial charge in [0.25, 0.3) is 5.56 Å². The maximum absolute atomic E-state index is 12.2. The third kappa shape index (κ3) is 4.51. The molecule has 0 bridgehead atoms. The van der Waals surface area contributed by atoms with E-state index in [0.717, 1.165) is 5.69 Å². The van der Waals surface area contributed by atoms with Crippen molar-refractivity contribution in [3.8, 4) is 0 Å². The fourth-order valence-corrected chi connectivity index (χ4v) is 2.46. The van der Waals surface area contributed by atoms with E-state index in [0.29, 0.717) is 25.5 Å². The lowest BCUT2D eigenvalue weighted by Gasteiger charge is -2.15. The Morgan fingerprint density at radius 2 is 2.17 bits per heavy atom. The highest BCUT2D eigenvalue weighted by atomic mass is 16.5. The fraction of sp³-hybridized carbons (Fsp3) is 0.500. The van der Waals surface area contributed by atoms with Crippen molar-refractivity contribution in [2.24, 2.45) is 0 Å². The Balaban J connectivity index is 1.92. The molecule has 8 nitrogen and oxygen atoms in total. The molecule has 2 aromatic heterocycles. The van der Waals surface area contributed by atoms with Gasteiger partial charge in [-0.1, -0.05) is 6.07 Å². The van der Waals surface area contributed by atoms with Crippen LogP contribution in [-0.4, -0.2) is 39.0 Å². The average Bonchev–Trinajstić information content (AvgIpc) is 3.01. The third-order valence-corrected chi connectivity index (χ3v) is 3.78. The molecule has 0 fully saturated rings. The smallest absolute Gasteiger partial charge is 0.250 e. The van der Waals surface area contributed by atoms with Crippen molar-refractivity contribution in [2.75, 3.05) is 13.7 Å². The zero-order valence-corrected chi connectivity index (χ0v) is 14.2. The Hall–Kier alpha value is -2.48. The maximum atomic E-state index is 12.2. The minimum absolute atomic E-state index is 0.102. The predicted molar refractivity (Wildman–Crippen MR) is 88.5 cm³/mol. The lowest BCUT2D eigenvalue weighted by atomic mass is 10.2. The molecule has 8 heteroatoms. The van der Waals surface area contributed by atoms with Gasteiger partial charge in [-0.05, 0) is 19.9 Å². The molecule has 24 heavy (non-hydrogen) atoms. The SMILES string of the molecule is COCCn1cnnc1[C@@H](C)NC(=O)CCn1c(C)cccc1=O. The lowest BCUT2D eigenvalue weighted by molar-refractivity contribution is -0.122. The van der Waals surface area contributed by atoms with Crippen LogP contribution in [0.2, 0.25) is 0 Å². The van der Waals surface area contributed by atoms with Gasteiger partial charge < -0.3 is 19.2 Å². The van der Waals surface area contributed by atoms with Crippen LogP contribution in [0.1, 0.15) is 30.9 Å². The van der Waals surface area contributed by atoms with E-state index < -0.39 is 0 Å². The molecule has 0 radical (unpaired) electrons. The summed E-state index contributed by atoms with van der Waals surface area (Å²) >= 11 is 0. The van der Waals surface area contributed by atoms with E-state index in [2.05, 4.69) is 15.5 Å².